The third-order valence-corrected chi connectivity index (χ3v) is 3.81. The second-order valence-electron chi connectivity index (χ2n) is 5.95. The second-order valence-corrected chi connectivity index (χ2v) is 5.95. The summed E-state index contributed by atoms with van der Waals surface area (Å²) in [5.74, 6) is 0.453. The van der Waals surface area contributed by atoms with E-state index in [1.54, 1.807) is 26.2 Å². The van der Waals surface area contributed by atoms with E-state index in [-0.39, 0.29) is 11.4 Å². The summed E-state index contributed by atoms with van der Waals surface area (Å²) in [5.41, 5.74) is 1.98. The molecule has 0 bridgehead atoms. The summed E-state index contributed by atoms with van der Waals surface area (Å²) in [7, 11) is 1.58. The van der Waals surface area contributed by atoms with Crippen molar-refractivity contribution in [3.05, 3.63) is 71.4 Å². The van der Waals surface area contributed by atoms with E-state index in [4.69, 9.17) is 4.74 Å². The number of hydrogen-bond acceptors (Lipinski definition) is 5. The number of amides is 1. The molecule has 27 heavy (non-hydrogen) atoms. The van der Waals surface area contributed by atoms with E-state index in [1.807, 2.05) is 25.1 Å². The molecule has 0 fully saturated rings. The monoisotopic (exact) mass is 366 g/mol. The first-order chi connectivity index (χ1) is 13.0. The summed E-state index contributed by atoms with van der Waals surface area (Å²) in [5, 5.41) is 5.67. The number of benzene rings is 2. The van der Waals surface area contributed by atoms with Crippen LogP contribution in [0.4, 0.5) is 21.6 Å². The van der Waals surface area contributed by atoms with Crippen LogP contribution in [-0.4, -0.2) is 23.0 Å². The third-order valence-electron chi connectivity index (χ3n) is 3.81. The van der Waals surface area contributed by atoms with Crippen LogP contribution in [0.15, 0.2) is 48.5 Å². The highest BCUT2D eigenvalue weighted by molar-refractivity contribution is 6.03. The zero-order valence-electron chi connectivity index (χ0n) is 15.2. The lowest BCUT2D eigenvalue weighted by molar-refractivity contribution is 0.102. The second kappa shape index (κ2) is 7.82. The van der Waals surface area contributed by atoms with Crippen molar-refractivity contribution in [2.24, 2.45) is 0 Å². The van der Waals surface area contributed by atoms with Crippen molar-refractivity contribution in [1.82, 2.24) is 9.97 Å². The van der Waals surface area contributed by atoms with Crippen molar-refractivity contribution in [3.63, 3.8) is 0 Å². The fourth-order valence-electron chi connectivity index (χ4n) is 2.55. The molecule has 0 aliphatic carbocycles. The van der Waals surface area contributed by atoms with Gasteiger partial charge in [-0.2, -0.15) is 0 Å². The number of carbonyl (C=O) groups excluding carboxylic acids is 1. The van der Waals surface area contributed by atoms with Gasteiger partial charge >= 0.3 is 0 Å². The predicted molar refractivity (Wildman–Crippen MR) is 102 cm³/mol. The molecular formula is C20H19FN4O2. The maximum atomic E-state index is 13.8. The Morgan fingerprint density at radius 3 is 2.56 bits per heavy atom. The average Bonchev–Trinajstić information content (AvgIpc) is 2.63. The number of nitrogens with zero attached hydrogens (tertiary/aromatic N) is 2. The summed E-state index contributed by atoms with van der Waals surface area (Å²) in [4.78, 5) is 20.9. The molecule has 0 aliphatic heterocycles. The maximum Gasteiger partial charge on any atom is 0.274 e. The van der Waals surface area contributed by atoms with Crippen molar-refractivity contribution in [2.45, 2.75) is 13.8 Å². The minimum atomic E-state index is -0.523. The molecule has 0 saturated heterocycles. The van der Waals surface area contributed by atoms with Gasteiger partial charge in [0.15, 0.2) is 0 Å². The number of aryl methyl sites for hydroxylation is 2. The van der Waals surface area contributed by atoms with Gasteiger partial charge in [0.2, 0.25) is 0 Å². The number of para-hydroxylation sites is 1. The standard InChI is InChI=1S/C20H19FN4O2/c1-12-8-9-18(27-3)16(10-12)24-19-11-17(22-13(2)23-19)20(26)25-15-7-5-4-6-14(15)21/h4-11H,1-3H3,(H,25,26)(H,22,23,24). The zero-order valence-corrected chi connectivity index (χ0v) is 15.2. The molecule has 6 nitrogen and oxygen atoms in total. The van der Waals surface area contributed by atoms with Gasteiger partial charge in [-0.3, -0.25) is 4.79 Å². The van der Waals surface area contributed by atoms with E-state index in [0.29, 0.717) is 17.4 Å². The summed E-state index contributed by atoms with van der Waals surface area (Å²) >= 11 is 0. The number of rotatable bonds is 5. The molecule has 2 aromatic carbocycles. The molecule has 2 N–H and O–H groups in total. The first-order valence-corrected chi connectivity index (χ1v) is 8.29. The number of halogens is 1. The van der Waals surface area contributed by atoms with Gasteiger partial charge in [0, 0.05) is 6.07 Å². The van der Waals surface area contributed by atoms with Crippen LogP contribution < -0.4 is 15.4 Å². The van der Waals surface area contributed by atoms with Crippen LogP contribution in [0.25, 0.3) is 0 Å². The van der Waals surface area contributed by atoms with E-state index >= 15 is 0 Å². The number of hydrogen-bond donors (Lipinski definition) is 2. The van der Waals surface area contributed by atoms with Crippen LogP contribution in [-0.2, 0) is 0 Å². The lowest BCUT2D eigenvalue weighted by Gasteiger charge is -2.13. The van der Waals surface area contributed by atoms with Crippen LogP contribution in [0, 0.1) is 19.7 Å². The van der Waals surface area contributed by atoms with Crippen LogP contribution in [0.5, 0.6) is 5.75 Å². The molecule has 0 atom stereocenters. The molecule has 0 spiro atoms. The van der Waals surface area contributed by atoms with E-state index in [9.17, 15) is 9.18 Å². The van der Waals surface area contributed by atoms with Crippen molar-refractivity contribution in [2.75, 3.05) is 17.7 Å². The van der Waals surface area contributed by atoms with Crippen LogP contribution in [0.2, 0.25) is 0 Å². The van der Waals surface area contributed by atoms with Gasteiger partial charge in [0.25, 0.3) is 5.91 Å². The van der Waals surface area contributed by atoms with Crippen LogP contribution in [0.3, 0.4) is 0 Å². The van der Waals surface area contributed by atoms with Gasteiger partial charge < -0.3 is 15.4 Å². The molecule has 7 heteroatoms. The molecule has 138 valence electrons. The molecule has 0 radical (unpaired) electrons. The van der Waals surface area contributed by atoms with Gasteiger partial charge in [-0.05, 0) is 43.7 Å². The average molecular weight is 366 g/mol. The van der Waals surface area contributed by atoms with E-state index < -0.39 is 11.7 Å². The Bertz CT molecular complexity index is 991. The summed E-state index contributed by atoms with van der Waals surface area (Å²) in [6.07, 6.45) is 0. The predicted octanol–water partition coefficient (Wildman–Crippen LogP) is 4.24. The summed E-state index contributed by atoms with van der Waals surface area (Å²) in [6.45, 7) is 3.64. The van der Waals surface area contributed by atoms with E-state index in [1.165, 1.54) is 18.2 Å². The van der Waals surface area contributed by atoms with Gasteiger partial charge in [-0.15, -0.1) is 0 Å². The lowest BCUT2D eigenvalue weighted by atomic mass is 10.2. The lowest BCUT2D eigenvalue weighted by Crippen LogP contribution is -2.16. The summed E-state index contributed by atoms with van der Waals surface area (Å²) < 4.78 is 19.1. The number of methoxy groups -OCH3 is 1. The number of aromatic nitrogens is 2. The largest absolute Gasteiger partial charge is 0.495 e. The fraction of sp³-hybridized carbons (Fsp3) is 0.150. The minimum Gasteiger partial charge on any atom is -0.495 e. The maximum absolute atomic E-state index is 13.8. The Balaban J connectivity index is 1.87. The molecular weight excluding hydrogens is 347 g/mol. The normalized spacial score (nSPS) is 10.4. The van der Waals surface area contributed by atoms with Crippen LogP contribution in [0.1, 0.15) is 21.9 Å². The van der Waals surface area contributed by atoms with Gasteiger partial charge in [0.05, 0.1) is 18.5 Å². The SMILES string of the molecule is COc1ccc(C)cc1Nc1cc(C(=O)Nc2ccccc2F)nc(C)n1. The number of ether oxygens (including phenoxy) is 1. The van der Waals surface area contributed by atoms with E-state index in [2.05, 4.69) is 20.6 Å². The third kappa shape index (κ3) is 4.38. The molecule has 1 aromatic heterocycles. The van der Waals surface area contributed by atoms with Crippen molar-refractivity contribution >= 4 is 23.1 Å². The Hall–Kier alpha value is -3.48. The van der Waals surface area contributed by atoms with E-state index in [0.717, 1.165) is 11.3 Å². The Morgan fingerprint density at radius 1 is 1.04 bits per heavy atom. The Kier molecular flexibility index (Phi) is 5.30. The van der Waals surface area contributed by atoms with Gasteiger partial charge in [0.1, 0.15) is 28.9 Å². The molecule has 0 aliphatic rings. The van der Waals surface area contributed by atoms with Gasteiger partial charge in [-0.25, -0.2) is 14.4 Å². The van der Waals surface area contributed by atoms with Crippen molar-refractivity contribution in [1.29, 1.82) is 0 Å². The zero-order chi connectivity index (χ0) is 19.4. The number of carbonyl (C=O) groups is 1. The molecule has 0 saturated carbocycles. The van der Waals surface area contributed by atoms with Crippen LogP contribution >= 0.6 is 0 Å². The number of anilines is 3. The highest BCUT2D eigenvalue weighted by atomic mass is 19.1. The number of nitrogens with one attached hydrogen (secondary N) is 2. The molecule has 3 aromatic rings. The Morgan fingerprint density at radius 2 is 1.81 bits per heavy atom. The highest BCUT2D eigenvalue weighted by Gasteiger charge is 2.14. The highest BCUT2D eigenvalue weighted by Crippen LogP contribution is 2.28. The summed E-state index contributed by atoms with van der Waals surface area (Å²) in [6, 6.07) is 13.1. The smallest absolute Gasteiger partial charge is 0.274 e. The minimum absolute atomic E-state index is 0.0913. The van der Waals surface area contributed by atoms with Crippen molar-refractivity contribution in [3.8, 4) is 5.75 Å². The molecule has 1 amide bonds. The van der Waals surface area contributed by atoms with Gasteiger partial charge in [-0.1, -0.05) is 18.2 Å². The quantitative estimate of drug-likeness (QED) is 0.706. The molecule has 0 unspecified atom stereocenters. The topological polar surface area (TPSA) is 76.1 Å². The fourth-order valence-corrected chi connectivity index (χ4v) is 2.55. The first-order valence-electron chi connectivity index (χ1n) is 8.29. The first kappa shape index (κ1) is 18.3. The molecule has 3 rings (SSSR count). The van der Waals surface area contributed by atoms with Crippen molar-refractivity contribution < 1.29 is 13.9 Å². The Labute approximate surface area is 156 Å². The molecule has 1 heterocycles.